The normalized spacial score (nSPS) is 11.9. The van der Waals surface area contributed by atoms with Crippen molar-refractivity contribution in [2.45, 2.75) is 0 Å². The molecule has 6 heteroatoms. The van der Waals surface area contributed by atoms with Crippen LogP contribution >= 0.6 is 11.3 Å². The summed E-state index contributed by atoms with van der Waals surface area (Å²) in [4.78, 5) is 14.6. The van der Waals surface area contributed by atoms with Crippen molar-refractivity contribution in [2.75, 3.05) is 0 Å². The molecule has 238 valence electrons. The van der Waals surface area contributed by atoms with Crippen molar-refractivity contribution in [3.63, 3.8) is 0 Å². The fraction of sp³-hybridized carbons (Fsp3) is 0. The zero-order valence-corrected chi connectivity index (χ0v) is 28.0. The Kier molecular flexibility index (Phi) is 6.05. The smallest absolute Gasteiger partial charge is 0.0977 e. The first kappa shape index (κ1) is 28.2. The molecule has 0 aliphatic heterocycles. The molecule has 0 bridgehead atoms. The average Bonchev–Trinajstić information content (AvgIpc) is 3.86. The molecule has 0 aliphatic rings. The van der Waals surface area contributed by atoms with Gasteiger partial charge in [-0.1, -0.05) is 72.8 Å². The Morgan fingerprint density at radius 2 is 0.941 bits per heavy atom. The predicted octanol–water partition coefficient (Wildman–Crippen LogP) is 11.8. The number of pyridine rings is 3. The lowest BCUT2D eigenvalue weighted by Crippen LogP contribution is -1.94. The minimum Gasteiger partial charge on any atom is -0.308 e. The lowest BCUT2D eigenvalue weighted by Gasteiger charge is -2.10. The van der Waals surface area contributed by atoms with E-state index in [1.54, 1.807) is 0 Å². The molecule has 0 radical (unpaired) electrons. The van der Waals surface area contributed by atoms with Crippen LogP contribution in [-0.4, -0.2) is 24.1 Å². The molecule has 51 heavy (non-hydrogen) atoms. The number of hydrogen-bond acceptors (Lipinski definition) is 4. The number of hydrogen-bond donors (Lipinski definition) is 0. The number of aromatic nitrogens is 5. The first-order valence-electron chi connectivity index (χ1n) is 17.0. The Bertz CT molecular complexity index is 2920. The van der Waals surface area contributed by atoms with Crippen LogP contribution in [-0.2, 0) is 0 Å². The molecule has 5 aromatic carbocycles. The average molecular weight is 670 g/mol. The van der Waals surface area contributed by atoms with Crippen molar-refractivity contribution < 1.29 is 0 Å². The highest BCUT2D eigenvalue weighted by Crippen LogP contribution is 2.47. The second-order valence-corrected chi connectivity index (χ2v) is 13.9. The molecular formula is C45H27N5S. The maximum Gasteiger partial charge on any atom is 0.0977 e. The maximum absolute atomic E-state index is 5.01. The second-order valence-electron chi connectivity index (χ2n) is 12.9. The van der Waals surface area contributed by atoms with Gasteiger partial charge in [0.2, 0.25) is 0 Å². The summed E-state index contributed by atoms with van der Waals surface area (Å²) in [6.45, 7) is 0. The van der Waals surface area contributed by atoms with Gasteiger partial charge in [-0.15, -0.1) is 11.3 Å². The summed E-state index contributed by atoms with van der Waals surface area (Å²) in [5.41, 5.74) is 13.1. The van der Waals surface area contributed by atoms with Gasteiger partial charge in [-0.25, -0.2) is 0 Å². The fourth-order valence-corrected chi connectivity index (χ4v) is 9.25. The van der Waals surface area contributed by atoms with E-state index in [1.807, 2.05) is 54.2 Å². The lowest BCUT2D eigenvalue weighted by atomic mass is 10.1. The first-order valence-corrected chi connectivity index (χ1v) is 17.8. The van der Waals surface area contributed by atoms with Crippen molar-refractivity contribution >= 4 is 75.4 Å². The van der Waals surface area contributed by atoms with Gasteiger partial charge >= 0.3 is 0 Å². The summed E-state index contributed by atoms with van der Waals surface area (Å²) in [7, 11) is 0. The van der Waals surface area contributed by atoms with Crippen LogP contribution in [0.5, 0.6) is 0 Å². The van der Waals surface area contributed by atoms with Crippen molar-refractivity contribution in [2.24, 2.45) is 0 Å². The van der Waals surface area contributed by atoms with Crippen LogP contribution < -0.4 is 0 Å². The van der Waals surface area contributed by atoms with Crippen LogP contribution in [0.3, 0.4) is 0 Å². The largest absolute Gasteiger partial charge is 0.308 e. The van der Waals surface area contributed by atoms with E-state index in [9.17, 15) is 0 Å². The summed E-state index contributed by atoms with van der Waals surface area (Å²) in [6, 6.07) is 51.6. The van der Waals surface area contributed by atoms with Crippen LogP contribution in [0, 0.1) is 0 Å². The summed E-state index contributed by atoms with van der Waals surface area (Å²) in [6.07, 6.45) is 5.66. The van der Waals surface area contributed by atoms with Crippen molar-refractivity contribution in [1.82, 2.24) is 24.1 Å². The van der Waals surface area contributed by atoms with Gasteiger partial charge in [0.25, 0.3) is 0 Å². The third-order valence-electron chi connectivity index (χ3n) is 10.1. The number of nitrogens with zero attached hydrogens (tertiary/aromatic N) is 5. The zero-order valence-electron chi connectivity index (χ0n) is 27.2. The van der Waals surface area contributed by atoms with Crippen molar-refractivity contribution in [3.8, 4) is 33.8 Å². The molecule has 0 fully saturated rings. The molecule has 0 aliphatic carbocycles. The summed E-state index contributed by atoms with van der Waals surface area (Å²) in [5.74, 6) is 0. The van der Waals surface area contributed by atoms with Gasteiger partial charge in [-0.3, -0.25) is 15.0 Å². The molecule has 0 saturated carbocycles. The van der Waals surface area contributed by atoms with Crippen molar-refractivity contribution in [1.29, 1.82) is 0 Å². The summed E-state index contributed by atoms with van der Waals surface area (Å²) >= 11 is 1.85. The highest BCUT2D eigenvalue weighted by atomic mass is 32.1. The van der Waals surface area contributed by atoms with Gasteiger partial charge in [0.15, 0.2) is 0 Å². The number of benzene rings is 5. The third kappa shape index (κ3) is 4.17. The van der Waals surface area contributed by atoms with Crippen LogP contribution in [0.25, 0.3) is 97.8 Å². The van der Waals surface area contributed by atoms with E-state index in [1.165, 1.54) is 42.1 Å². The maximum atomic E-state index is 5.01. The highest BCUT2D eigenvalue weighted by Gasteiger charge is 2.22. The summed E-state index contributed by atoms with van der Waals surface area (Å²) in [5, 5.41) is 4.83. The molecule has 5 nitrogen and oxygen atoms in total. The SMILES string of the molecule is c1ccc(-c2cccc(-n3c4cccnc4c4c5sc6c(ccc7c6c6ncccc6n7-c6cccc(-c7ccccn7)c6)c5ccc43)c2)cc1. The van der Waals surface area contributed by atoms with Crippen LogP contribution in [0.4, 0.5) is 0 Å². The van der Waals surface area contributed by atoms with Crippen LogP contribution in [0.2, 0.25) is 0 Å². The van der Waals surface area contributed by atoms with E-state index in [0.29, 0.717) is 0 Å². The minimum absolute atomic E-state index is 0.953. The quantitative estimate of drug-likeness (QED) is 0.187. The Morgan fingerprint density at radius 3 is 1.55 bits per heavy atom. The van der Waals surface area contributed by atoms with Crippen molar-refractivity contribution in [3.05, 3.63) is 164 Å². The Balaban J connectivity index is 1.19. The molecule has 0 N–H and O–H groups in total. The standard InChI is InChI=1S/C45H27N5S/c1-2-10-28(11-3-1)29-12-6-14-31(26-29)49-36-21-19-33-34-20-22-37-41(45(34)51-44(33)40(36)42-38(49)17-8-24-47-42)43-39(18-9-25-48-43)50(37)32-15-7-13-30(27-32)35-16-4-5-23-46-35/h1-27H. The van der Waals surface area contributed by atoms with E-state index in [-0.39, 0.29) is 0 Å². The Morgan fingerprint density at radius 1 is 0.392 bits per heavy atom. The molecule has 0 amide bonds. The third-order valence-corrected chi connectivity index (χ3v) is 11.3. The topological polar surface area (TPSA) is 48.5 Å². The number of fused-ring (bicyclic) bond motifs is 11. The van der Waals surface area contributed by atoms with Gasteiger partial charge in [0.05, 0.1) is 38.8 Å². The molecule has 11 rings (SSSR count). The second kappa shape index (κ2) is 10.9. The molecule has 0 spiro atoms. The van der Waals surface area contributed by atoms with Gasteiger partial charge in [-0.05, 0) is 83.9 Å². The van der Waals surface area contributed by atoms with E-state index >= 15 is 0 Å². The van der Waals surface area contributed by atoms with E-state index < -0.39 is 0 Å². The first-order chi connectivity index (χ1) is 25.3. The monoisotopic (exact) mass is 669 g/mol. The molecule has 0 unspecified atom stereocenters. The molecule has 11 aromatic rings. The zero-order chi connectivity index (χ0) is 33.5. The summed E-state index contributed by atoms with van der Waals surface area (Å²) < 4.78 is 7.19. The highest BCUT2D eigenvalue weighted by molar-refractivity contribution is 7.27. The van der Waals surface area contributed by atoms with Crippen LogP contribution in [0.1, 0.15) is 0 Å². The van der Waals surface area contributed by atoms with E-state index in [2.05, 4.69) is 135 Å². The molecule has 0 saturated heterocycles. The minimum atomic E-state index is 0.953. The number of rotatable bonds is 4. The van der Waals surface area contributed by atoms with E-state index in [4.69, 9.17) is 9.97 Å². The van der Waals surface area contributed by atoms with Gasteiger partial charge < -0.3 is 9.13 Å². The molecular weight excluding hydrogens is 643 g/mol. The molecule has 0 atom stereocenters. The van der Waals surface area contributed by atoms with Gasteiger partial charge in [-0.2, -0.15) is 0 Å². The van der Waals surface area contributed by atoms with Gasteiger partial charge in [0.1, 0.15) is 0 Å². The Hall–Kier alpha value is -6.63. The Labute approximate surface area is 296 Å². The predicted molar refractivity (Wildman–Crippen MR) is 212 cm³/mol. The lowest BCUT2D eigenvalue weighted by molar-refractivity contribution is 1.17. The molecule has 6 heterocycles. The van der Waals surface area contributed by atoms with E-state index in [0.717, 1.165) is 55.7 Å². The van der Waals surface area contributed by atoms with Gasteiger partial charge in [0, 0.05) is 66.5 Å². The molecule has 6 aromatic heterocycles. The fourth-order valence-electron chi connectivity index (χ4n) is 7.86. The van der Waals surface area contributed by atoms with Crippen LogP contribution in [0.15, 0.2) is 164 Å². The number of thiophene rings is 1.